The van der Waals surface area contributed by atoms with Crippen molar-refractivity contribution in [2.75, 3.05) is 17.3 Å². The minimum Gasteiger partial charge on any atom is -0.340 e. The van der Waals surface area contributed by atoms with Gasteiger partial charge in [-0.25, -0.2) is 9.67 Å². The van der Waals surface area contributed by atoms with Gasteiger partial charge in [0, 0.05) is 5.69 Å². The molecule has 0 saturated heterocycles. The van der Waals surface area contributed by atoms with Crippen molar-refractivity contribution in [2.45, 2.75) is 26.3 Å². The molecule has 0 fully saturated rings. The Labute approximate surface area is 190 Å². The van der Waals surface area contributed by atoms with Gasteiger partial charge in [-0.05, 0) is 62.6 Å². The maximum absolute atomic E-state index is 12.9. The number of aryl methyl sites for hydroxylation is 2. The van der Waals surface area contributed by atoms with Crippen LogP contribution in [0, 0.1) is 13.8 Å². The molecule has 2 heterocycles. The first-order valence-corrected chi connectivity index (χ1v) is 11.5. The Hall–Kier alpha value is -2.84. The van der Waals surface area contributed by atoms with E-state index in [1.165, 1.54) is 0 Å². The van der Waals surface area contributed by atoms with Crippen molar-refractivity contribution in [3.05, 3.63) is 70.6 Å². The second-order valence-corrected chi connectivity index (χ2v) is 8.41. The van der Waals surface area contributed by atoms with Crippen LogP contribution in [0.2, 0.25) is 5.02 Å². The van der Waals surface area contributed by atoms with E-state index >= 15 is 0 Å². The summed E-state index contributed by atoms with van der Waals surface area (Å²) in [5.41, 5.74) is 2.75. The maximum Gasteiger partial charge on any atom is 0.253 e. The van der Waals surface area contributed by atoms with E-state index in [2.05, 4.69) is 20.7 Å². The topological polar surface area (TPSA) is 88.9 Å². The molecule has 2 aromatic heterocycles. The number of anilines is 1. The predicted molar refractivity (Wildman–Crippen MR) is 125 cm³/mol. The lowest BCUT2D eigenvalue weighted by Gasteiger charge is -2.18. The highest BCUT2D eigenvalue weighted by Crippen LogP contribution is 2.16. The molecule has 1 aromatic carbocycles. The molecular weight excluding hydrogens is 434 g/mol. The predicted octanol–water partition coefficient (Wildman–Crippen LogP) is 4.03. The summed E-state index contributed by atoms with van der Waals surface area (Å²) in [5, 5.41) is 10.4. The van der Waals surface area contributed by atoms with Crippen molar-refractivity contribution in [1.82, 2.24) is 20.1 Å². The minimum atomic E-state index is -0.702. The van der Waals surface area contributed by atoms with Gasteiger partial charge in [0.2, 0.25) is 5.91 Å². The van der Waals surface area contributed by atoms with Crippen LogP contribution < -0.4 is 10.6 Å². The Bertz CT molecular complexity index is 1070. The molecule has 2 N–H and O–H groups in total. The number of carbonyl (C=O) groups is 2. The lowest BCUT2D eigenvalue weighted by Crippen LogP contribution is -2.44. The fraction of sp³-hybridized carbons (Fsp3) is 0.273. The molecule has 1 unspecified atom stereocenters. The van der Waals surface area contributed by atoms with Crippen molar-refractivity contribution < 1.29 is 9.59 Å². The van der Waals surface area contributed by atoms with Gasteiger partial charge in [0.05, 0.1) is 28.2 Å². The highest BCUT2D eigenvalue weighted by molar-refractivity contribution is 7.98. The van der Waals surface area contributed by atoms with Crippen molar-refractivity contribution in [1.29, 1.82) is 0 Å². The van der Waals surface area contributed by atoms with Crippen LogP contribution in [0.5, 0.6) is 0 Å². The number of nitrogens with one attached hydrogen (secondary N) is 2. The molecule has 31 heavy (non-hydrogen) atoms. The molecule has 0 aliphatic heterocycles. The van der Waals surface area contributed by atoms with Crippen LogP contribution in [-0.4, -0.2) is 44.6 Å². The molecule has 0 saturated carbocycles. The molecule has 1 atom stereocenters. The maximum atomic E-state index is 12.9. The standard InChI is InChI=1S/C22H24ClN5O2S/c1-14-12-15(2)28(27-14)20-9-8-16(13-24-20)25-22(30)19(10-11-31-3)26-21(29)17-6-4-5-7-18(17)23/h4-9,12-13,19H,10-11H2,1-3H3,(H,25,30)(H,26,29). The first-order chi connectivity index (χ1) is 14.9. The van der Waals surface area contributed by atoms with Gasteiger partial charge in [0.1, 0.15) is 6.04 Å². The number of benzene rings is 1. The molecule has 9 heteroatoms. The van der Waals surface area contributed by atoms with Crippen LogP contribution >= 0.6 is 23.4 Å². The largest absolute Gasteiger partial charge is 0.340 e. The second kappa shape index (κ2) is 10.5. The summed E-state index contributed by atoms with van der Waals surface area (Å²) in [7, 11) is 0. The average Bonchev–Trinajstić information content (AvgIpc) is 3.09. The van der Waals surface area contributed by atoms with E-state index in [4.69, 9.17) is 11.6 Å². The van der Waals surface area contributed by atoms with E-state index in [0.717, 1.165) is 17.1 Å². The summed E-state index contributed by atoms with van der Waals surface area (Å²) < 4.78 is 1.74. The molecule has 3 aromatic rings. The number of hydrogen-bond acceptors (Lipinski definition) is 5. The summed E-state index contributed by atoms with van der Waals surface area (Å²) in [5.74, 6) is 0.685. The lowest BCUT2D eigenvalue weighted by molar-refractivity contribution is -0.118. The Morgan fingerprint density at radius 2 is 1.97 bits per heavy atom. The second-order valence-electron chi connectivity index (χ2n) is 7.02. The fourth-order valence-corrected chi connectivity index (χ4v) is 3.75. The monoisotopic (exact) mass is 457 g/mol. The molecule has 3 rings (SSSR count). The molecule has 0 aliphatic rings. The van der Waals surface area contributed by atoms with Gasteiger partial charge in [0.25, 0.3) is 5.91 Å². The molecule has 0 aliphatic carbocycles. The summed E-state index contributed by atoms with van der Waals surface area (Å²) >= 11 is 7.72. The van der Waals surface area contributed by atoms with Gasteiger partial charge in [-0.2, -0.15) is 16.9 Å². The number of halogens is 1. The smallest absolute Gasteiger partial charge is 0.253 e. The molecule has 0 bridgehead atoms. The van der Waals surface area contributed by atoms with Gasteiger partial charge in [-0.1, -0.05) is 23.7 Å². The quantitative estimate of drug-likeness (QED) is 0.533. The Morgan fingerprint density at radius 1 is 1.19 bits per heavy atom. The molecule has 2 amide bonds. The Kier molecular flexibility index (Phi) is 7.70. The van der Waals surface area contributed by atoms with Gasteiger partial charge in [0.15, 0.2) is 5.82 Å². The van der Waals surface area contributed by atoms with E-state index in [1.807, 2.05) is 26.2 Å². The van der Waals surface area contributed by atoms with Crippen LogP contribution in [0.4, 0.5) is 5.69 Å². The van der Waals surface area contributed by atoms with E-state index in [0.29, 0.717) is 28.5 Å². The highest BCUT2D eigenvalue weighted by Gasteiger charge is 2.22. The summed E-state index contributed by atoms with van der Waals surface area (Å²) in [6, 6.07) is 11.6. The summed E-state index contributed by atoms with van der Waals surface area (Å²) in [6.07, 6.45) is 4.01. The number of rotatable bonds is 8. The van der Waals surface area contributed by atoms with Gasteiger partial charge < -0.3 is 10.6 Å². The van der Waals surface area contributed by atoms with E-state index in [1.54, 1.807) is 59.0 Å². The number of hydrogen-bond donors (Lipinski definition) is 2. The number of amides is 2. The van der Waals surface area contributed by atoms with Crippen LogP contribution in [0.1, 0.15) is 28.2 Å². The average molecular weight is 458 g/mol. The molecule has 7 nitrogen and oxygen atoms in total. The zero-order valence-corrected chi connectivity index (χ0v) is 19.1. The minimum absolute atomic E-state index is 0.310. The number of thioether (sulfide) groups is 1. The summed E-state index contributed by atoms with van der Waals surface area (Å²) in [6.45, 7) is 3.87. The zero-order chi connectivity index (χ0) is 22.4. The van der Waals surface area contributed by atoms with Crippen LogP contribution in [0.25, 0.3) is 5.82 Å². The van der Waals surface area contributed by atoms with Crippen molar-refractivity contribution in [3.63, 3.8) is 0 Å². The SMILES string of the molecule is CSCCC(NC(=O)c1ccccc1Cl)C(=O)Nc1ccc(-n2nc(C)cc2C)nc1. The van der Waals surface area contributed by atoms with Crippen molar-refractivity contribution in [2.24, 2.45) is 0 Å². The van der Waals surface area contributed by atoms with Crippen molar-refractivity contribution in [3.8, 4) is 5.82 Å². The zero-order valence-electron chi connectivity index (χ0n) is 17.6. The van der Waals surface area contributed by atoms with Crippen LogP contribution in [0.3, 0.4) is 0 Å². The number of aromatic nitrogens is 3. The van der Waals surface area contributed by atoms with Gasteiger partial charge >= 0.3 is 0 Å². The number of pyridine rings is 1. The Morgan fingerprint density at radius 3 is 2.58 bits per heavy atom. The Balaban J connectivity index is 1.70. The van der Waals surface area contributed by atoms with Crippen LogP contribution in [0.15, 0.2) is 48.7 Å². The third-order valence-corrected chi connectivity index (χ3v) is 5.57. The van der Waals surface area contributed by atoms with E-state index in [9.17, 15) is 9.59 Å². The van der Waals surface area contributed by atoms with E-state index in [-0.39, 0.29) is 11.8 Å². The lowest BCUT2D eigenvalue weighted by atomic mass is 10.1. The van der Waals surface area contributed by atoms with Gasteiger partial charge in [-0.15, -0.1) is 0 Å². The van der Waals surface area contributed by atoms with Crippen molar-refractivity contribution >= 4 is 40.9 Å². The normalized spacial score (nSPS) is 11.7. The third kappa shape index (κ3) is 5.86. The van der Waals surface area contributed by atoms with Crippen LogP contribution in [-0.2, 0) is 4.79 Å². The molecule has 162 valence electrons. The molecule has 0 radical (unpaired) electrons. The molecular formula is C22H24ClN5O2S. The first-order valence-electron chi connectivity index (χ1n) is 9.74. The first kappa shape index (κ1) is 22.8. The summed E-state index contributed by atoms with van der Waals surface area (Å²) in [4.78, 5) is 29.9. The van der Waals surface area contributed by atoms with E-state index < -0.39 is 6.04 Å². The molecule has 0 spiro atoms. The number of carbonyl (C=O) groups excluding carboxylic acids is 2. The third-order valence-electron chi connectivity index (χ3n) is 4.59. The number of nitrogens with zero attached hydrogens (tertiary/aromatic N) is 3. The van der Waals surface area contributed by atoms with Gasteiger partial charge in [-0.3, -0.25) is 9.59 Å². The highest BCUT2D eigenvalue weighted by atomic mass is 35.5. The fourth-order valence-electron chi connectivity index (χ4n) is 3.06.